The Labute approximate surface area is 202 Å². The summed E-state index contributed by atoms with van der Waals surface area (Å²) in [5.74, 6) is 0.382. The quantitative estimate of drug-likeness (QED) is 0.126. The van der Waals surface area contributed by atoms with Crippen LogP contribution in [-0.4, -0.2) is 5.52 Å². The predicted octanol–water partition coefficient (Wildman–Crippen LogP) is 0.833. The van der Waals surface area contributed by atoms with Crippen LogP contribution < -0.4 is 45.4 Å². The Bertz CT molecular complexity index is 977. The van der Waals surface area contributed by atoms with E-state index in [1.54, 1.807) is 48.5 Å². The van der Waals surface area contributed by atoms with Gasteiger partial charge in [-0.1, -0.05) is 72.8 Å². The van der Waals surface area contributed by atoms with E-state index in [4.69, 9.17) is 0 Å². The van der Waals surface area contributed by atoms with Crippen LogP contribution in [0.25, 0.3) is 0 Å². The van der Waals surface area contributed by atoms with Gasteiger partial charge in [0.15, 0.2) is 0 Å². The third kappa shape index (κ3) is 5.34. The van der Waals surface area contributed by atoms with Crippen LogP contribution in [0.15, 0.2) is 72.8 Å². The van der Waals surface area contributed by atoms with Gasteiger partial charge in [0.25, 0.3) is 0 Å². The van der Waals surface area contributed by atoms with Gasteiger partial charge in [0.05, 0.1) is 0 Å². The van der Waals surface area contributed by atoms with Gasteiger partial charge in [0.2, 0.25) is 12.7 Å². The maximum atomic E-state index is 14.3. The van der Waals surface area contributed by atoms with E-state index in [2.05, 4.69) is 9.37 Å². The molecule has 0 unspecified atom stereocenters. The minimum atomic E-state index is -3.56. The van der Waals surface area contributed by atoms with Crippen LogP contribution in [0.1, 0.15) is 27.0 Å². The van der Waals surface area contributed by atoms with Gasteiger partial charge in [-0.15, -0.1) is 0 Å². The van der Waals surface area contributed by atoms with Gasteiger partial charge in [-0.3, -0.25) is 9.83 Å². The van der Waals surface area contributed by atoms with Crippen molar-refractivity contribution in [2.45, 2.75) is 19.6 Å². The summed E-state index contributed by atoms with van der Waals surface area (Å²) in [6, 6.07) is 21.4. The van der Waals surface area contributed by atoms with E-state index < -0.39 is 7.14 Å². The largest absolute Gasteiger partial charge is 1.00 e. The van der Waals surface area contributed by atoms with E-state index in [0.29, 0.717) is 21.9 Å². The van der Waals surface area contributed by atoms with Crippen LogP contribution >= 0.6 is 19.2 Å². The van der Waals surface area contributed by atoms with Gasteiger partial charge in [-0.25, -0.2) is 0 Å². The van der Waals surface area contributed by atoms with Crippen molar-refractivity contribution in [1.29, 1.82) is 0 Å². The molecule has 0 atom stereocenters. The monoisotopic (exact) mass is 450 g/mol. The predicted molar refractivity (Wildman–Crippen MR) is 113 cm³/mol. The van der Waals surface area contributed by atoms with E-state index in [0.717, 1.165) is 28.7 Å². The van der Waals surface area contributed by atoms with Crippen LogP contribution in [-0.2, 0) is 19.7 Å². The molecule has 30 heavy (non-hydrogen) atoms. The molecule has 8 heteroatoms. The van der Waals surface area contributed by atoms with E-state index in [1.807, 2.05) is 38.1 Å². The maximum Gasteiger partial charge on any atom is 1.00 e. The average molecular weight is 450 g/mol. The van der Waals surface area contributed by atoms with Crippen LogP contribution in [0.3, 0.4) is 0 Å². The van der Waals surface area contributed by atoms with Gasteiger partial charge in [-0.2, -0.15) is 4.33 Å². The van der Waals surface area contributed by atoms with Crippen molar-refractivity contribution in [3.63, 3.8) is 0 Å². The van der Waals surface area contributed by atoms with Gasteiger partial charge in [0.1, 0.15) is 0 Å². The second-order valence-electron chi connectivity index (χ2n) is 6.59. The number of hydrogen-bond acceptors (Lipinski definition) is 6. The molecule has 0 saturated carbocycles. The molecule has 5 nitrogen and oxygen atoms in total. The minimum Gasteiger partial charge on any atom is -0.691 e. The standard InChI is InChI=1S/C22H21O5PS.Na/c1-16-13-18(15-29-27-26-24)14-17(2)21(16)22(23)28(25,19-9-5-3-6-10-19)20-11-7-4-8-12-20;/h3-14,24H,15H2,1-2H3;/q;+1/p-1. The van der Waals surface area contributed by atoms with E-state index in [9.17, 15) is 14.6 Å². The Morgan fingerprint density at radius 2 is 1.40 bits per heavy atom. The summed E-state index contributed by atoms with van der Waals surface area (Å²) in [5.41, 5.74) is 2.38. The average Bonchev–Trinajstić information content (AvgIpc) is 2.74. The summed E-state index contributed by atoms with van der Waals surface area (Å²) in [6.07, 6.45) is 0. The summed E-state index contributed by atoms with van der Waals surface area (Å²) in [7, 11) is -3.56. The van der Waals surface area contributed by atoms with Crippen LogP contribution in [0.2, 0.25) is 0 Å². The molecule has 0 aliphatic rings. The first-order chi connectivity index (χ1) is 14.0. The SMILES string of the molecule is Cc1cc(CSOO[O-])cc(C)c1C(=O)P(=O)(c1ccccc1)c1ccccc1.[Na+]. The van der Waals surface area contributed by atoms with Crippen LogP contribution in [0.5, 0.6) is 0 Å². The molecular weight excluding hydrogens is 430 g/mol. The summed E-state index contributed by atoms with van der Waals surface area (Å²) < 4.78 is 18.6. The number of hydrogen-bond donors (Lipinski definition) is 0. The third-order valence-electron chi connectivity index (χ3n) is 4.63. The Balaban J connectivity index is 0.00000320. The molecule has 0 N–H and O–H groups in total. The van der Waals surface area contributed by atoms with Gasteiger partial charge in [-0.05, 0) is 30.5 Å². The summed E-state index contributed by atoms with van der Waals surface area (Å²) >= 11 is 0.863. The third-order valence-corrected chi connectivity index (χ3v) is 8.08. The molecule has 0 saturated heterocycles. The zero-order chi connectivity index (χ0) is 20.9. The fourth-order valence-corrected chi connectivity index (χ4v) is 6.41. The van der Waals surface area contributed by atoms with Crippen molar-refractivity contribution in [3.8, 4) is 0 Å². The van der Waals surface area contributed by atoms with E-state index in [-0.39, 0.29) is 35.1 Å². The fourth-order valence-electron chi connectivity index (χ4n) is 3.40. The molecule has 0 radical (unpaired) electrons. The number of aryl methyl sites for hydroxylation is 2. The molecule has 150 valence electrons. The van der Waals surface area contributed by atoms with Gasteiger partial charge in [0, 0.05) is 34.0 Å². The van der Waals surface area contributed by atoms with Gasteiger partial charge >= 0.3 is 29.6 Å². The van der Waals surface area contributed by atoms with Crippen molar-refractivity contribution in [2.75, 3.05) is 0 Å². The Hall–Kier alpha value is -1.21. The fraction of sp³-hybridized carbons (Fsp3) is 0.136. The first-order valence-corrected chi connectivity index (χ1v) is 11.5. The molecular formula is C22H20NaO5PS. The first-order valence-electron chi connectivity index (χ1n) is 8.93. The zero-order valence-electron chi connectivity index (χ0n) is 17.0. The summed E-state index contributed by atoms with van der Waals surface area (Å²) in [6.45, 7) is 3.64. The second-order valence-corrected chi connectivity index (χ2v) is 9.91. The number of benzene rings is 3. The molecule has 0 fully saturated rings. The molecule has 3 aromatic carbocycles. The molecule has 0 heterocycles. The normalized spacial score (nSPS) is 11.0. The molecule has 0 spiro atoms. The second kappa shape index (κ2) is 11.4. The number of carbonyl (C=O) groups excluding carboxylic acids is 1. The topological polar surface area (TPSA) is 75.7 Å². The van der Waals surface area contributed by atoms with Crippen LogP contribution in [0, 0.1) is 13.8 Å². The molecule has 0 aromatic heterocycles. The molecule has 0 amide bonds. The summed E-state index contributed by atoms with van der Waals surface area (Å²) in [4.78, 5) is 13.7. The Morgan fingerprint density at radius 1 is 0.933 bits per heavy atom. The Morgan fingerprint density at radius 3 is 1.83 bits per heavy atom. The number of rotatable bonds is 8. The first kappa shape index (κ1) is 25.1. The minimum absolute atomic E-state index is 0. The zero-order valence-corrected chi connectivity index (χ0v) is 20.7. The van der Waals surface area contributed by atoms with Crippen molar-refractivity contribution < 1.29 is 53.5 Å². The Kier molecular flexibility index (Phi) is 9.54. The molecule has 0 aliphatic carbocycles. The van der Waals surface area contributed by atoms with Crippen molar-refractivity contribution in [2.24, 2.45) is 0 Å². The van der Waals surface area contributed by atoms with Crippen LogP contribution in [0.4, 0.5) is 0 Å². The van der Waals surface area contributed by atoms with Crippen molar-refractivity contribution in [3.05, 3.63) is 95.1 Å². The molecule has 0 aliphatic heterocycles. The van der Waals surface area contributed by atoms with Crippen molar-refractivity contribution in [1.82, 2.24) is 0 Å². The van der Waals surface area contributed by atoms with Gasteiger partial charge < -0.3 is 9.82 Å². The summed E-state index contributed by atoms with van der Waals surface area (Å²) in [5, 5.41) is 14.3. The molecule has 3 rings (SSSR count). The van der Waals surface area contributed by atoms with E-state index in [1.165, 1.54) is 0 Å². The van der Waals surface area contributed by atoms with Crippen molar-refractivity contribution >= 4 is 35.3 Å². The molecule has 0 bridgehead atoms. The van der Waals surface area contributed by atoms with E-state index >= 15 is 0 Å². The number of carbonyl (C=O) groups is 1. The maximum absolute atomic E-state index is 14.3. The molecule has 3 aromatic rings. The smallest absolute Gasteiger partial charge is 0.691 e.